The first-order chi connectivity index (χ1) is 15.6. The number of hydrogen-bond acceptors (Lipinski definition) is 3. The van der Waals surface area contributed by atoms with E-state index in [2.05, 4.69) is 27.9 Å². The van der Waals surface area contributed by atoms with Gasteiger partial charge in [0, 0.05) is 15.8 Å². The van der Waals surface area contributed by atoms with Gasteiger partial charge >= 0.3 is 0 Å². The molecule has 7 heteroatoms. The first-order valence-corrected chi connectivity index (χ1v) is 13.3. The fourth-order valence-corrected chi connectivity index (χ4v) is 6.92. The quantitative estimate of drug-likeness (QED) is 0.432. The van der Waals surface area contributed by atoms with Gasteiger partial charge in [-0.3, -0.25) is 4.79 Å². The molecule has 0 unspecified atom stereocenters. The molecule has 1 aliphatic heterocycles. The fourth-order valence-electron chi connectivity index (χ4n) is 4.42. The van der Waals surface area contributed by atoms with Gasteiger partial charge in [0.2, 0.25) is 15.9 Å². The second-order valence-electron chi connectivity index (χ2n) is 8.62. The lowest BCUT2D eigenvalue weighted by Gasteiger charge is -2.36. The standard InChI is InChI=1S/C26H27IN2O3S/c1-16-13-17(2)19(4)25(18(16)3)33(31,32)29-15-21-8-6-5-7-20(21)14-24(29)26(30)28-23-11-9-22(27)10-12-23/h5-13,24H,14-15H2,1-4H3,(H,28,30)/t24-/m1/s1. The maximum atomic E-state index is 14.1. The van der Waals surface area contributed by atoms with Crippen LogP contribution in [0.25, 0.3) is 0 Å². The minimum atomic E-state index is -3.93. The summed E-state index contributed by atoms with van der Waals surface area (Å²) in [6.07, 6.45) is 0.328. The Morgan fingerprint density at radius 2 is 1.52 bits per heavy atom. The molecule has 0 aliphatic carbocycles. The van der Waals surface area contributed by atoms with Gasteiger partial charge in [-0.25, -0.2) is 8.42 Å². The summed E-state index contributed by atoms with van der Waals surface area (Å²) in [5.41, 5.74) is 5.89. The maximum Gasteiger partial charge on any atom is 0.244 e. The first-order valence-electron chi connectivity index (χ1n) is 10.8. The topological polar surface area (TPSA) is 66.5 Å². The molecular weight excluding hydrogens is 547 g/mol. The van der Waals surface area contributed by atoms with Crippen LogP contribution in [0, 0.1) is 31.3 Å². The minimum absolute atomic E-state index is 0.162. The lowest BCUT2D eigenvalue weighted by atomic mass is 9.95. The maximum absolute atomic E-state index is 14.1. The van der Waals surface area contributed by atoms with Crippen LogP contribution in [-0.4, -0.2) is 24.7 Å². The molecule has 1 heterocycles. The number of fused-ring (bicyclic) bond motifs is 1. The fraction of sp³-hybridized carbons (Fsp3) is 0.269. The SMILES string of the molecule is Cc1cc(C)c(C)c(S(=O)(=O)N2Cc3ccccc3C[C@@H]2C(=O)Nc2ccc(I)cc2)c1C. The number of carbonyl (C=O) groups is 1. The third-order valence-electron chi connectivity index (χ3n) is 6.48. The predicted molar refractivity (Wildman–Crippen MR) is 140 cm³/mol. The Hall–Kier alpha value is -2.23. The molecule has 33 heavy (non-hydrogen) atoms. The molecule has 0 aromatic heterocycles. The molecule has 1 N–H and O–H groups in total. The normalized spacial score (nSPS) is 16.3. The predicted octanol–water partition coefficient (Wildman–Crippen LogP) is 5.28. The van der Waals surface area contributed by atoms with Crippen molar-refractivity contribution >= 4 is 44.2 Å². The number of rotatable bonds is 4. The van der Waals surface area contributed by atoms with E-state index in [9.17, 15) is 13.2 Å². The highest BCUT2D eigenvalue weighted by molar-refractivity contribution is 14.1. The molecule has 1 amide bonds. The number of benzene rings is 3. The van der Waals surface area contributed by atoms with Crippen LogP contribution in [0.2, 0.25) is 0 Å². The average Bonchev–Trinajstić information content (AvgIpc) is 2.78. The van der Waals surface area contributed by atoms with Crippen LogP contribution in [0.4, 0.5) is 5.69 Å². The number of aryl methyl sites for hydroxylation is 2. The summed E-state index contributed by atoms with van der Waals surface area (Å²) in [7, 11) is -3.93. The van der Waals surface area contributed by atoms with Gasteiger partial charge < -0.3 is 5.32 Å². The van der Waals surface area contributed by atoms with Crippen LogP contribution in [0.1, 0.15) is 33.4 Å². The minimum Gasteiger partial charge on any atom is -0.325 e. The van der Waals surface area contributed by atoms with Crippen LogP contribution in [0.3, 0.4) is 0 Å². The summed E-state index contributed by atoms with van der Waals surface area (Å²) < 4.78 is 30.6. The van der Waals surface area contributed by atoms with Crippen molar-refractivity contribution in [3.05, 3.63) is 91.5 Å². The zero-order valence-electron chi connectivity index (χ0n) is 19.1. The van der Waals surface area contributed by atoms with Gasteiger partial charge in [-0.1, -0.05) is 30.3 Å². The van der Waals surface area contributed by atoms with E-state index in [4.69, 9.17) is 0 Å². The first kappa shape index (κ1) is 23.9. The van der Waals surface area contributed by atoms with Gasteiger partial charge in [0.1, 0.15) is 6.04 Å². The van der Waals surface area contributed by atoms with Gasteiger partial charge in [-0.05, 0) is 114 Å². The van der Waals surface area contributed by atoms with E-state index in [1.807, 2.05) is 82.3 Å². The zero-order chi connectivity index (χ0) is 23.9. The summed E-state index contributed by atoms with van der Waals surface area (Å²) in [4.78, 5) is 13.7. The summed E-state index contributed by atoms with van der Waals surface area (Å²) in [6.45, 7) is 7.69. The Bertz CT molecular complexity index is 1310. The summed E-state index contributed by atoms with van der Waals surface area (Å²) in [6, 6.07) is 16.4. The Labute approximate surface area is 209 Å². The highest BCUT2D eigenvalue weighted by Crippen LogP contribution is 2.34. The molecule has 0 spiro atoms. The van der Waals surface area contributed by atoms with Crippen molar-refractivity contribution in [2.45, 2.75) is 51.6 Å². The molecule has 1 atom stereocenters. The third-order valence-corrected chi connectivity index (χ3v) is 9.33. The van der Waals surface area contributed by atoms with Gasteiger partial charge in [0.05, 0.1) is 4.90 Å². The van der Waals surface area contributed by atoms with E-state index >= 15 is 0 Å². The second kappa shape index (κ2) is 9.19. The van der Waals surface area contributed by atoms with Crippen LogP contribution in [0.15, 0.2) is 59.5 Å². The van der Waals surface area contributed by atoms with E-state index in [1.54, 1.807) is 0 Å². The number of nitrogens with zero attached hydrogens (tertiary/aromatic N) is 1. The molecule has 5 nitrogen and oxygen atoms in total. The molecule has 0 bridgehead atoms. The van der Waals surface area contributed by atoms with E-state index < -0.39 is 16.1 Å². The van der Waals surface area contributed by atoms with Gasteiger partial charge in [0.15, 0.2) is 0 Å². The van der Waals surface area contributed by atoms with E-state index in [-0.39, 0.29) is 12.5 Å². The molecule has 0 saturated heterocycles. The van der Waals surface area contributed by atoms with Crippen LogP contribution < -0.4 is 5.32 Å². The van der Waals surface area contributed by atoms with Crippen molar-refractivity contribution in [2.24, 2.45) is 0 Å². The lowest BCUT2D eigenvalue weighted by molar-refractivity contribution is -0.120. The zero-order valence-corrected chi connectivity index (χ0v) is 22.1. The smallest absolute Gasteiger partial charge is 0.244 e. The molecule has 172 valence electrons. The number of carbonyl (C=O) groups excluding carboxylic acids is 1. The summed E-state index contributed by atoms with van der Waals surface area (Å²) in [5.74, 6) is -0.325. The van der Waals surface area contributed by atoms with Crippen LogP contribution >= 0.6 is 22.6 Å². The van der Waals surface area contributed by atoms with Crippen LogP contribution in [0.5, 0.6) is 0 Å². The Kier molecular flexibility index (Phi) is 6.66. The van der Waals surface area contributed by atoms with Crippen molar-refractivity contribution in [1.82, 2.24) is 4.31 Å². The Balaban J connectivity index is 1.80. The van der Waals surface area contributed by atoms with Crippen molar-refractivity contribution in [3.63, 3.8) is 0 Å². The molecule has 0 radical (unpaired) electrons. The highest BCUT2D eigenvalue weighted by Gasteiger charge is 2.41. The molecular formula is C26H27IN2O3S. The van der Waals surface area contributed by atoms with Crippen molar-refractivity contribution in [3.8, 4) is 0 Å². The summed E-state index contributed by atoms with van der Waals surface area (Å²) >= 11 is 2.20. The van der Waals surface area contributed by atoms with E-state index in [1.165, 1.54) is 4.31 Å². The van der Waals surface area contributed by atoms with Gasteiger partial charge in [-0.2, -0.15) is 4.31 Å². The highest BCUT2D eigenvalue weighted by atomic mass is 127. The molecule has 3 aromatic carbocycles. The Morgan fingerprint density at radius 3 is 2.12 bits per heavy atom. The number of anilines is 1. The largest absolute Gasteiger partial charge is 0.325 e. The summed E-state index contributed by atoms with van der Waals surface area (Å²) in [5, 5.41) is 2.93. The third kappa shape index (κ3) is 4.58. The van der Waals surface area contributed by atoms with Crippen molar-refractivity contribution < 1.29 is 13.2 Å². The number of hydrogen-bond donors (Lipinski definition) is 1. The molecule has 4 rings (SSSR count). The van der Waals surface area contributed by atoms with E-state index in [0.29, 0.717) is 17.0 Å². The monoisotopic (exact) mass is 574 g/mol. The second-order valence-corrected chi connectivity index (χ2v) is 11.7. The van der Waals surface area contributed by atoms with E-state index in [0.717, 1.165) is 37.0 Å². The molecule has 0 fully saturated rings. The number of nitrogens with one attached hydrogen (secondary N) is 1. The average molecular weight is 574 g/mol. The molecule has 1 aliphatic rings. The number of amides is 1. The van der Waals surface area contributed by atoms with Crippen molar-refractivity contribution in [1.29, 1.82) is 0 Å². The van der Waals surface area contributed by atoms with Gasteiger partial charge in [-0.15, -0.1) is 0 Å². The van der Waals surface area contributed by atoms with Gasteiger partial charge in [0.25, 0.3) is 0 Å². The lowest BCUT2D eigenvalue weighted by Crippen LogP contribution is -2.50. The van der Waals surface area contributed by atoms with Crippen LogP contribution in [-0.2, 0) is 27.8 Å². The number of sulfonamides is 1. The van der Waals surface area contributed by atoms with Crippen molar-refractivity contribution in [2.75, 3.05) is 5.32 Å². The Morgan fingerprint density at radius 1 is 0.939 bits per heavy atom. The molecule has 0 saturated carbocycles. The number of halogens is 1. The molecule has 3 aromatic rings.